The molecule has 0 amide bonds. The molecule has 0 aromatic carbocycles. The van der Waals surface area contributed by atoms with Gasteiger partial charge in [0.05, 0.1) is 7.11 Å². The van der Waals surface area contributed by atoms with E-state index < -0.39 is 0 Å². The third-order valence-corrected chi connectivity index (χ3v) is 2.72. The summed E-state index contributed by atoms with van der Waals surface area (Å²) >= 11 is 0. The number of nitrogens with two attached hydrogens (primary N) is 1. The molecule has 0 atom stereocenters. The van der Waals surface area contributed by atoms with Gasteiger partial charge in [0.2, 0.25) is 11.9 Å². The van der Waals surface area contributed by atoms with Crippen LogP contribution >= 0.6 is 0 Å². The fourth-order valence-corrected chi connectivity index (χ4v) is 1.93. The second kappa shape index (κ2) is 5.62. The molecule has 0 aliphatic carbocycles. The molecule has 7 heteroatoms. The average Bonchev–Trinajstić information content (AvgIpc) is 2.57. The van der Waals surface area contributed by atoms with Gasteiger partial charge in [0.1, 0.15) is 0 Å². The van der Waals surface area contributed by atoms with Gasteiger partial charge >= 0.3 is 0 Å². The van der Waals surface area contributed by atoms with E-state index in [2.05, 4.69) is 25.3 Å². The van der Waals surface area contributed by atoms with Crippen molar-refractivity contribution >= 4 is 17.8 Å². The van der Waals surface area contributed by atoms with Gasteiger partial charge in [-0.2, -0.15) is 15.0 Å². The second-order valence-corrected chi connectivity index (χ2v) is 4.02. The van der Waals surface area contributed by atoms with Crippen LogP contribution in [-0.4, -0.2) is 35.2 Å². The molecule has 94 valence electrons. The number of anilines is 3. The lowest BCUT2D eigenvalue weighted by Crippen LogP contribution is -2.27. The van der Waals surface area contributed by atoms with Crippen molar-refractivity contribution in [2.75, 3.05) is 36.3 Å². The molecular weight excluding hydrogens is 220 g/mol. The molecule has 7 nitrogen and oxygen atoms in total. The lowest BCUT2D eigenvalue weighted by atomic mass is 10.2. The van der Waals surface area contributed by atoms with Crippen LogP contribution in [0.2, 0.25) is 0 Å². The Balaban J connectivity index is 2.17. The summed E-state index contributed by atoms with van der Waals surface area (Å²) in [5.74, 6) is 1.18. The van der Waals surface area contributed by atoms with Crippen LogP contribution in [0.1, 0.15) is 25.7 Å². The minimum Gasteiger partial charge on any atom is -0.368 e. The lowest BCUT2D eigenvalue weighted by Gasteiger charge is -2.20. The maximum absolute atomic E-state index is 5.65. The first-order valence-corrected chi connectivity index (χ1v) is 5.85. The highest BCUT2D eigenvalue weighted by molar-refractivity contribution is 5.40. The van der Waals surface area contributed by atoms with E-state index in [1.165, 1.54) is 32.8 Å². The van der Waals surface area contributed by atoms with Crippen LogP contribution in [0.4, 0.5) is 17.8 Å². The van der Waals surface area contributed by atoms with Gasteiger partial charge < -0.3 is 10.6 Å². The number of nitrogens with one attached hydrogen (secondary N) is 1. The summed E-state index contributed by atoms with van der Waals surface area (Å²) in [6.07, 6.45) is 4.86. The molecule has 1 aliphatic heterocycles. The molecule has 1 saturated heterocycles. The highest BCUT2D eigenvalue weighted by Gasteiger charge is 2.14. The summed E-state index contributed by atoms with van der Waals surface area (Å²) in [4.78, 5) is 19.3. The number of aromatic nitrogens is 3. The molecule has 1 fully saturated rings. The molecule has 0 spiro atoms. The largest absolute Gasteiger partial charge is 0.368 e. The summed E-state index contributed by atoms with van der Waals surface area (Å²) in [5, 5.41) is 0. The Morgan fingerprint density at radius 3 is 2.47 bits per heavy atom. The number of nitrogen functional groups attached to an aromatic ring is 1. The van der Waals surface area contributed by atoms with Gasteiger partial charge in [-0.25, -0.2) is 5.48 Å². The predicted molar refractivity (Wildman–Crippen MR) is 65.6 cm³/mol. The summed E-state index contributed by atoms with van der Waals surface area (Å²) in [7, 11) is 1.51. The van der Waals surface area contributed by atoms with Crippen molar-refractivity contribution in [1.82, 2.24) is 15.0 Å². The summed E-state index contributed by atoms with van der Waals surface area (Å²) in [5.41, 5.74) is 8.23. The van der Waals surface area contributed by atoms with Crippen molar-refractivity contribution in [3.63, 3.8) is 0 Å². The molecule has 3 N–H and O–H groups in total. The lowest BCUT2D eigenvalue weighted by molar-refractivity contribution is 0.267. The standard InChI is InChI=1S/C10H18N6O/c1-17-15-9-12-8(11)13-10(14-9)16-6-4-2-3-5-7-16/h2-7H2,1H3,(H3,11,12,13,14,15). The Hall–Kier alpha value is -1.63. The molecule has 0 bridgehead atoms. The summed E-state index contributed by atoms with van der Waals surface area (Å²) < 4.78 is 0. The van der Waals surface area contributed by atoms with Crippen molar-refractivity contribution in [2.45, 2.75) is 25.7 Å². The van der Waals surface area contributed by atoms with Crippen LogP contribution in [0.3, 0.4) is 0 Å². The highest BCUT2D eigenvalue weighted by Crippen LogP contribution is 2.17. The van der Waals surface area contributed by atoms with Gasteiger partial charge in [-0.15, -0.1) is 0 Å². The van der Waals surface area contributed by atoms with Crippen LogP contribution in [0, 0.1) is 0 Å². The smallest absolute Gasteiger partial charge is 0.253 e. The third kappa shape index (κ3) is 3.16. The van der Waals surface area contributed by atoms with Crippen LogP contribution in [0.5, 0.6) is 0 Å². The van der Waals surface area contributed by atoms with E-state index in [0.29, 0.717) is 11.9 Å². The van der Waals surface area contributed by atoms with Gasteiger partial charge in [-0.3, -0.25) is 4.84 Å². The fourth-order valence-electron chi connectivity index (χ4n) is 1.93. The highest BCUT2D eigenvalue weighted by atomic mass is 16.6. The van der Waals surface area contributed by atoms with Gasteiger partial charge in [-0.1, -0.05) is 12.8 Å². The van der Waals surface area contributed by atoms with Crippen LogP contribution in [0.25, 0.3) is 0 Å². The predicted octanol–water partition coefficient (Wildman–Crippen LogP) is 0.807. The molecule has 17 heavy (non-hydrogen) atoms. The topological polar surface area (TPSA) is 89.2 Å². The van der Waals surface area contributed by atoms with Crippen molar-refractivity contribution in [3.8, 4) is 0 Å². The SMILES string of the molecule is CONc1nc(N)nc(N2CCCCCC2)n1. The van der Waals surface area contributed by atoms with E-state index in [1.54, 1.807) is 0 Å². The van der Waals surface area contributed by atoms with E-state index in [-0.39, 0.29) is 5.95 Å². The second-order valence-electron chi connectivity index (χ2n) is 4.02. The monoisotopic (exact) mass is 238 g/mol. The van der Waals surface area contributed by atoms with Gasteiger partial charge in [0, 0.05) is 13.1 Å². The van der Waals surface area contributed by atoms with Crippen molar-refractivity contribution in [2.24, 2.45) is 0 Å². The minimum absolute atomic E-state index is 0.207. The molecule has 1 aromatic heterocycles. The fraction of sp³-hybridized carbons (Fsp3) is 0.700. The molecule has 1 aromatic rings. The number of hydrogen-bond donors (Lipinski definition) is 2. The quantitative estimate of drug-likeness (QED) is 0.753. The third-order valence-electron chi connectivity index (χ3n) is 2.72. The number of rotatable bonds is 3. The van der Waals surface area contributed by atoms with E-state index in [9.17, 15) is 0 Å². The normalized spacial score (nSPS) is 16.6. The maximum atomic E-state index is 5.65. The Labute approximate surface area is 100 Å². The van der Waals surface area contributed by atoms with Crippen LogP contribution in [-0.2, 0) is 4.84 Å². The van der Waals surface area contributed by atoms with E-state index in [4.69, 9.17) is 10.6 Å². The zero-order valence-electron chi connectivity index (χ0n) is 10.0. The molecule has 0 saturated carbocycles. The maximum Gasteiger partial charge on any atom is 0.253 e. The van der Waals surface area contributed by atoms with Crippen molar-refractivity contribution in [1.29, 1.82) is 0 Å². The number of nitrogens with zero attached hydrogens (tertiary/aromatic N) is 4. The van der Waals surface area contributed by atoms with Crippen molar-refractivity contribution in [3.05, 3.63) is 0 Å². The van der Waals surface area contributed by atoms with Gasteiger partial charge in [-0.05, 0) is 12.8 Å². The Morgan fingerprint density at radius 1 is 1.12 bits per heavy atom. The molecule has 2 heterocycles. The van der Waals surface area contributed by atoms with Gasteiger partial charge in [0.25, 0.3) is 5.95 Å². The first kappa shape index (κ1) is 11.8. The van der Waals surface area contributed by atoms with E-state index in [0.717, 1.165) is 13.1 Å². The van der Waals surface area contributed by atoms with Crippen molar-refractivity contribution < 1.29 is 4.84 Å². The van der Waals surface area contributed by atoms with Gasteiger partial charge in [0.15, 0.2) is 0 Å². The molecule has 0 unspecified atom stereocenters. The molecule has 2 rings (SSSR count). The molecule has 1 aliphatic rings. The zero-order valence-corrected chi connectivity index (χ0v) is 10.0. The number of hydrogen-bond acceptors (Lipinski definition) is 7. The minimum atomic E-state index is 0.207. The summed E-state index contributed by atoms with van der Waals surface area (Å²) in [6, 6.07) is 0. The van der Waals surface area contributed by atoms with Crippen LogP contribution in [0.15, 0.2) is 0 Å². The molecule has 0 radical (unpaired) electrons. The zero-order chi connectivity index (χ0) is 12.1. The summed E-state index contributed by atoms with van der Waals surface area (Å²) in [6.45, 7) is 1.94. The Kier molecular flexibility index (Phi) is 3.92. The first-order chi connectivity index (χ1) is 8.29. The molecular formula is C10H18N6O. The van der Waals surface area contributed by atoms with E-state index in [1.807, 2.05) is 0 Å². The van der Waals surface area contributed by atoms with E-state index >= 15 is 0 Å². The average molecular weight is 238 g/mol. The Morgan fingerprint density at radius 2 is 1.82 bits per heavy atom. The Bertz CT molecular complexity index is 364. The first-order valence-electron chi connectivity index (χ1n) is 5.85. The van der Waals surface area contributed by atoms with Crippen LogP contribution < -0.4 is 16.1 Å².